The van der Waals surface area contributed by atoms with Gasteiger partial charge in [0.05, 0.1) is 13.0 Å². The molecule has 0 aromatic heterocycles. The third-order valence-corrected chi connectivity index (χ3v) is 5.24. The maximum atomic E-state index is 11.2. The number of rotatable bonds is 0. The first-order chi connectivity index (χ1) is 6.62. The van der Waals surface area contributed by atoms with Gasteiger partial charge in [-0.1, -0.05) is 36.1 Å². The van der Waals surface area contributed by atoms with Crippen LogP contribution in [-0.2, 0) is 9.53 Å². The van der Waals surface area contributed by atoms with Crippen molar-refractivity contribution in [3.63, 3.8) is 0 Å². The van der Waals surface area contributed by atoms with Crippen LogP contribution in [0.5, 0.6) is 0 Å². The van der Waals surface area contributed by atoms with Crippen LogP contribution in [0.2, 0.25) is 0 Å². The Balaban J connectivity index is 0.000000853. The topological polar surface area (TPSA) is 26.3 Å². The van der Waals surface area contributed by atoms with Crippen molar-refractivity contribution < 1.29 is 9.53 Å². The van der Waals surface area contributed by atoms with Crippen molar-refractivity contribution in [1.29, 1.82) is 0 Å². The zero-order valence-electron chi connectivity index (χ0n) is 8.95. The van der Waals surface area contributed by atoms with Crippen LogP contribution in [0, 0.1) is 29.1 Å². The molecule has 102 valence electrons. The molecule has 1 saturated heterocycles. The number of hydrogen-bond donors (Lipinski definition) is 0. The van der Waals surface area contributed by atoms with Gasteiger partial charge in [0.2, 0.25) is 0 Å². The highest BCUT2D eigenvalue weighted by molar-refractivity contribution is 5.72. The minimum absolute atomic E-state index is 0. The fourth-order valence-corrected chi connectivity index (χ4v) is 4.28. The first-order valence-electron chi connectivity index (χ1n) is 5.78. The highest BCUT2D eigenvalue weighted by Gasteiger charge is 2.60. The fraction of sp³-hybridized carbons (Fsp3) is 0.933. The van der Waals surface area contributed by atoms with E-state index < -0.39 is 0 Å². The maximum absolute atomic E-state index is 11.2. The number of hydrogen-bond acceptors (Lipinski definition) is 2. The van der Waals surface area contributed by atoms with E-state index >= 15 is 0 Å². The van der Waals surface area contributed by atoms with Gasteiger partial charge in [0.25, 0.3) is 0 Å². The van der Waals surface area contributed by atoms with E-state index in [0.29, 0.717) is 13.0 Å². The molecule has 0 aromatic carbocycles. The van der Waals surface area contributed by atoms with Gasteiger partial charge in [-0.3, -0.25) is 4.79 Å². The van der Waals surface area contributed by atoms with Gasteiger partial charge in [-0.25, -0.2) is 0 Å². The molecule has 3 rings (SSSR count). The molecule has 2 nitrogen and oxygen atoms in total. The first kappa shape index (κ1) is 16.5. The summed E-state index contributed by atoms with van der Waals surface area (Å²) in [6.07, 6.45) is 3.29. The Kier molecular flexibility index (Phi) is 4.84. The second kappa shape index (κ2) is 4.99. The zero-order chi connectivity index (χ0) is 9.92. The molecule has 2 bridgehead atoms. The standard InChI is InChI=1S/C12H18O2.3CH4/c1-7-8(2)10-3-9(7)4-12(10)5-11(13)14-6-12;;;/h7-10H,3-6H2,1-2H3;3*1H4. The second-order valence-corrected chi connectivity index (χ2v) is 5.72. The molecular weight excluding hydrogens is 212 g/mol. The fourth-order valence-electron chi connectivity index (χ4n) is 4.28. The smallest absolute Gasteiger partial charge is 0.306 e. The maximum Gasteiger partial charge on any atom is 0.306 e. The van der Waals surface area contributed by atoms with Crippen LogP contribution in [0.3, 0.4) is 0 Å². The van der Waals surface area contributed by atoms with Crippen LogP contribution in [-0.4, -0.2) is 12.6 Å². The summed E-state index contributed by atoms with van der Waals surface area (Å²) in [6, 6.07) is 0. The Bertz CT molecular complexity index is 285. The van der Waals surface area contributed by atoms with Gasteiger partial charge in [0.1, 0.15) is 0 Å². The largest absolute Gasteiger partial charge is 0.465 e. The van der Waals surface area contributed by atoms with Crippen LogP contribution in [0.25, 0.3) is 0 Å². The highest BCUT2D eigenvalue weighted by atomic mass is 16.5. The molecule has 17 heavy (non-hydrogen) atoms. The van der Waals surface area contributed by atoms with Crippen molar-refractivity contribution >= 4 is 5.97 Å². The summed E-state index contributed by atoms with van der Waals surface area (Å²) in [5, 5.41) is 0. The average molecular weight is 242 g/mol. The first-order valence-corrected chi connectivity index (χ1v) is 5.78. The lowest BCUT2D eigenvalue weighted by atomic mass is 9.65. The quantitative estimate of drug-likeness (QED) is 0.597. The number of fused-ring (bicyclic) bond motifs is 3. The predicted octanol–water partition coefficient (Wildman–Crippen LogP) is 4.14. The molecule has 1 spiro atoms. The molecule has 2 saturated carbocycles. The Morgan fingerprint density at radius 2 is 1.82 bits per heavy atom. The van der Waals surface area contributed by atoms with Crippen molar-refractivity contribution in [2.24, 2.45) is 29.1 Å². The minimum atomic E-state index is 0. The van der Waals surface area contributed by atoms with E-state index in [9.17, 15) is 4.79 Å². The van der Waals surface area contributed by atoms with Gasteiger partial charge < -0.3 is 4.74 Å². The SMILES string of the molecule is C.C.C.CC1C2CC(C1C)C1(COC(=O)C1)C2. The Labute approximate surface area is 107 Å². The van der Waals surface area contributed by atoms with Crippen molar-refractivity contribution in [1.82, 2.24) is 0 Å². The summed E-state index contributed by atoms with van der Waals surface area (Å²) in [5.74, 6) is 3.32. The Morgan fingerprint density at radius 1 is 1.18 bits per heavy atom. The van der Waals surface area contributed by atoms with E-state index in [1.165, 1.54) is 12.8 Å². The monoisotopic (exact) mass is 242 g/mol. The van der Waals surface area contributed by atoms with E-state index in [1.807, 2.05) is 0 Å². The molecule has 1 heterocycles. The number of esters is 1. The van der Waals surface area contributed by atoms with Gasteiger partial charge in [-0.15, -0.1) is 0 Å². The lowest BCUT2D eigenvalue weighted by Crippen LogP contribution is -2.35. The van der Waals surface area contributed by atoms with Gasteiger partial charge in [-0.05, 0) is 36.5 Å². The number of cyclic esters (lactones) is 1. The van der Waals surface area contributed by atoms with Gasteiger partial charge in [-0.2, -0.15) is 0 Å². The predicted molar refractivity (Wildman–Crippen MR) is 72.7 cm³/mol. The van der Waals surface area contributed by atoms with Crippen LogP contribution in [0.1, 0.15) is 55.4 Å². The summed E-state index contributed by atoms with van der Waals surface area (Å²) in [4.78, 5) is 11.2. The highest BCUT2D eigenvalue weighted by Crippen LogP contribution is 2.63. The molecule has 2 heteroatoms. The molecule has 5 unspecified atom stereocenters. The van der Waals surface area contributed by atoms with Crippen molar-refractivity contribution in [2.75, 3.05) is 6.61 Å². The van der Waals surface area contributed by atoms with Crippen LogP contribution < -0.4 is 0 Å². The normalized spacial score (nSPS) is 45.9. The second-order valence-electron chi connectivity index (χ2n) is 5.72. The molecule has 0 N–H and O–H groups in total. The average Bonchev–Trinajstić information content (AvgIpc) is 2.75. The third kappa shape index (κ3) is 2.00. The van der Waals surface area contributed by atoms with Crippen molar-refractivity contribution in [3.8, 4) is 0 Å². The molecule has 0 radical (unpaired) electrons. The van der Waals surface area contributed by atoms with E-state index in [1.54, 1.807) is 0 Å². The molecule has 0 amide bonds. The lowest BCUT2D eigenvalue weighted by Gasteiger charge is -2.38. The Morgan fingerprint density at radius 3 is 2.24 bits per heavy atom. The molecule has 1 aliphatic heterocycles. The lowest BCUT2D eigenvalue weighted by molar-refractivity contribution is -0.137. The van der Waals surface area contributed by atoms with Gasteiger partial charge in [0, 0.05) is 5.41 Å². The number of carbonyl (C=O) groups excluding carboxylic acids is 1. The van der Waals surface area contributed by atoms with Crippen LogP contribution in [0.4, 0.5) is 0 Å². The zero-order valence-corrected chi connectivity index (χ0v) is 8.95. The van der Waals surface area contributed by atoms with E-state index in [-0.39, 0.29) is 33.7 Å². The van der Waals surface area contributed by atoms with Crippen molar-refractivity contribution in [3.05, 3.63) is 0 Å². The van der Waals surface area contributed by atoms with Crippen LogP contribution in [0.15, 0.2) is 0 Å². The summed E-state index contributed by atoms with van der Waals surface area (Å²) < 4.78 is 5.19. The Hall–Kier alpha value is -0.530. The van der Waals surface area contributed by atoms with E-state index in [2.05, 4.69) is 13.8 Å². The molecule has 2 aliphatic carbocycles. The third-order valence-electron chi connectivity index (χ3n) is 5.24. The molecule has 5 atom stereocenters. The summed E-state index contributed by atoms with van der Waals surface area (Å²) in [5.41, 5.74) is 0.258. The molecule has 3 fully saturated rings. The molecule has 3 aliphatic rings. The van der Waals surface area contributed by atoms with Gasteiger partial charge >= 0.3 is 5.97 Å². The summed E-state index contributed by atoms with van der Waals surface area (Å²) in [7, 11) is 0. The summed E-state index contributed by atoms with van der Waals surface area (Å²) in [6.45, 7) is 5.45. The number of ether oxygens (including phenoxy) is 1. The summed E-state index contributed by atoms with van der Waals surface area (Å²) >= 11 is 0. The van der Waals surface area contributed by atoms with E-state index in [0.717, 1.165) is 23.7 Å². The van der Waals surface area contributed by atoms with Crippen molar-refractivity contribution in [2.45, 2.75) is 55.4 Å². The molecular formula is C15H30O2. The molecule has 0 aromatic rings. The van der Waals surface area contributed by atoms with Crippen LogP contribution >= 0.6 is 0 Å². The minimum Gasteiger partial charge on any atom is -0.465 e. The van der Waals surface area contributed by atoms with E-state index in [4.69, 9.17) is 4.74 Å². The van der Waals surface area contributed by atoms with Gasteiger partial charge in [0.15, 0.2) is 0 Å². The number of carbonyl (C=O) groups is 1.